The molecule has 5 nitrogen and oxygen atoms in total. The van der Waals surface area contributed by atoms with Crippen molar-refractivity contribution in [2.24, 2.45) is 5.73 Å². The Morgan fingerprint density at radius 2 is 2.31 bits per heavy atom. The molecule has 1 aliphatic carbocycles. The van der Waals surface area contributed by atoms with E-state index in [1.54, 1.807) is 6.92 Å². The van der Waals surface area contributed by atoms with Crippen LogP contribution in [-0.2, 0) is 0 Å². The van der Waals surface area contributed by atoms with E-state index in [0.29, 0.717) is 5.69 Å². The van der Waals surface area contributed by atoms with Crippen LogP contribution in [0.1, 0.15) is 41.9 Å². The number of nitrogens with two attached hydrogens (primary N) is 1. The topological polar surface area (TPSA) is 81.2 Å². The average Bonchev–Trinajstić information content (AvgIpc) is 2.68. The second-order valence-corrected chi connectivity index (χ2v) is 4.30. The average molecular weight is 223 g/mol. The molecule has 0 radical (unpaired) electrons. The quantitative estimate of drug-likeness (QED) is 0.783. The number of amides is 1. The van der Waals surface area contributed by atoms with Gasteiger partial charge in [-0.25, -0.2) is 4.98 Å². The number of nitrogens with zero attached hydrogens (tertiary/aromatic N) is 1. The van der Waals surface area contributed by atoms with Crippen LogP contribution in [0.3, 0.4) is 0 Å². The summed E-state index contributed by atoms with van der Waals surface area (Å²) in [5.74, 6) is 0.0788. The summed E-state index contributed by atoms with van der Waals surface area (Å²) in [7, 11) is 0. The van der Waals surface area contributed by atoms with Crippen LogP contribution in [0, 0.1) is 6.92 Å². The summed E-state index contributed by atoms with van der Waals surface area (Å²) in [5, 5.41) is 2.91. The van der Waals surface area contributed by atoms with Gasteiger partial charge in [-0.15, -0.1) is 0 Å². The van der Waals surface area contributed by atoms with Crippen LogP contribution in [0.4, 0.5) is 0 Å². The Balaban J connectivity index is 1.99. The fourth-order valence-corrected chi connectivity index (χ4v) is 2.09. The molecule has 3 N–H and O–H groups in total. The molecule has 1 amide bonds. The van der Waals surface area contributed by atoms with E-state index in [2.05, 4.69) is 10.3 Å². The fourth-order valence-electron chi connectivity index (χ4n) is 2.09. The van der Waals surface area contributed by atoms with Crippen molar-refractivity contribution in [3.05, 3.63) is 17.8 Å². The van der Waals surface area contributed by atoms with Gasteiger partial charge in [0, 0.05) is 12.1 Å². The standard InChI is InChI=1S/C11H17N3O2/c1-7-10(16-6-13-7)11(15)14-9-5-3-2-4-8(9)12/h6,8-9H,2-5,12H2,1H3,(H,14,15). The van der Waals surface area contributed by atoms with Gasteiger partial charge in [-0.05, 0) is 19.8 Å². The normalized spacial score (nSPS) is 25.4. The number of aromatic nitrogens is 1. The SMILES string of the molecule is Cc1ncoc1C(=O)NC1CCCCC1N. The van der Waals surface area contributed by atoms with Crippen LogP contribution < -0.4 is 11.1 Å². The van der Waals surface area contributed by atoms with Gasteiger partial charge in [0.2, 0.25) is 5.76 Å². The predicted molar refractivity (Wildman–Crippen MR) is 58.9 cm³/mol. The van der Waals surface area contributed by atoms with Crippen LogP contribution in [0.2, 0.25) is 0 Å². The van der Waals surface area contributed by atoms with Gasteiger partial charge >= 0.3 is 0 Å². The van der Waals surface area contributed by atoms with E-state index in [-0.39, 0.29) is 23.8 Å². The highest BCUT2D eigenvalue weighted by Gasteiger charge is 2.25. The van der Waals surface area contributed by atoms with Crippen molar-refractivity contribution in [3.8, 4) is 0 Å². The van der Waals surface area contributed by atoms with Crippen molar-refractivity contribution >= 4 is 5.91 Å². The lowest BCUT2D eigenvalue weighted by molar-refractivity contribution is 0.0892. The molecule has 0 saturated heterocycles. The highest BCUT2D eigenvalue weighted by Crippen LogP contribution is 2.17. The third-order valence-corrected chi connectivity index (χ3v) is 3.09. The van der Waals surface area contributed by atoms with E-state index < -0.39 is 0 Å². The van der Waals surface area contributed by atoms with Crippen molar-refractivity contribution < 1.29 is 9.21 Å². The molecule has 2 atom stereocenters. The van der Waals surface area contributed by atoms with E-state index in [4.69, 9.17) is 10.2 Å². The van der Waals surface area contributed by atoms with E-state index >= 15 is 0 Å². The van der Waals surface area contributed by atoms with E-state index in [0.717, 1.165) is 25.7 Å². The van der Waals surface area contributed by atoms with E-state index in [1.807, 2.05) is 0 Å². The lowest BCUT2D eigenvalue weighted by Gasteiger charge is -2.28. The minimum absolute atomic E-state index is 0.0564. The van der Waals surface area contributed by atoms with Gasteiger partial charge in [0.1, 0.15) is 0 Å². The molecule has 1 saturated carbocycles. The molecule has 1 heterocycles. The largest absolute Gasteiger partial charge is 0.438 e. The second-order valence-electron chi connectivity index (χ2n) is 4.30. The first-order valence-electron chi connectivity index (χ1n) is 5.65. The molecular formula is C11H17N3O2. The zero-order chi connectivity index (χ0) is 11.5. The maximum atomic E-state index is 11.8. The molecule has 1 aliphatic rings. The first-order chi connectivity index (χ1) is 7.68. The van der Waals surface area contributed by atoms with Gasteiger partial charge in [0.25, 0.3) is 5.91 Å². The molecule has 0 spiro atoms. The summed E-state index contributed by atoms with van der Waals surface area (Å²) in [6.45, 7) is 1.75. The summed E-state index contributed by atoms with van der Waals surface area (Å²) in [5.41, 5.74) is 6.57. The number of hydrogen-bond acceptors (Lipinski definition) is 4. The Morgan fingerprint density at radius 3 is 2.94 bits per heavy atom. The lowest BCUT2D eigenvalue weighted by Crippen LogP contribution is -2.49. The third-order valence-electron chi connectivity index (χ3n) is 3.09. The minimum Gasteiger partial charge on any atom is -0.438 e. The number of carbonyl (C=O) groups is 1. The number of carbonyl (C=O) groups excluding carboxylic acids is 1. The number of nitrogens with one attached hydrogen (secondary N) is 1. The Hall–Kier alpha value is -1.36. The fraction of sp³-hybridized carbons (Fsp3) is 0.636. The van der Waals surface area contributed by atoms with Crippen LogP contribution in [0.25, 0.3) is 0 Å². The van der Waals surface area contributed by atoms with E-state index in [1.165, 1.54) is 6.39 Å². The van der Waals surface area contributed by atoms with Crippen LogP contribution in [-0.4, -0.2) is 23.0 Å². The Kier molecular flexibility index (Phi) is 3.24. The summed E-state index contributed by atoms with van der Waals surface area (Å²) in [6, 6.07) is 0.117. The molecule has 88 valence electrons. The summed E-state index contributed by atoms with van der Waals surface area (Å²) >= 11 is 0. The monoisotopic (exact) mass is 223 g/mol. The van der Waals surface area contributed by atoms with Crippen molar-refractivity contribution in [1.29, 1.82) is 0 Å². The van der Waals surface area contributed by atoms with E-state index in [9.17, 15) is 4.79 Å². The van der Waals surface area contributed by atoms with Crippen molar-refractivity contribution in [1.82, 2.24) is 10.3 Å². The Morgan fingerprint density at radius 1 is 1.56 bits per heavy atom. The summed E-state index contributed by atoms with van der Waals surface area (Å²) < 4.78 is 5.04. The first-order valence-corrected chi connectivity index (χ1v) is 5.65. The molecule has 0 bridgehead atoms. The van der Waals surface area contributed by atoms with Crippen LogP contribution in [0.15, 0.2) is 10.8 Å². The molecule has 1 aromatic heterocycles. The van der Waals surface area contributed by atoms with Gasteiger partial charge in [0.15, 0.2) is 6.39 Å². The summed E-state index contributed by atoms with van der Waals surface area (Å²) in [4.78, 5) is 15.7. The molecule has 16 heavy (non-hydrogen) atoms. The van der Waals surface area contributed by atoms with Gasteiger partial charge in [-0.1, -0.05) is 12.8 Å². The molecule has 5 heteroatoms. The second kappa shape index (κ2) is 4.65. The Labute approximate surface area is 94.4 Å². The number of hydrogen-bond donors (Lipinski definition) is 2. The highest BCUT2D eigenvalue weighted by molar-refractivity contribution is 5.92. The van der Waals surface area contributed by atoms with Crippen LogP contribution in [0.5, 0.6) is 0 Å². The predicted octanol–water partition coefficient (Wildman–Crippen LogP) is 0.983. The van der Waals surface area contributed by atoms with Crippen molar-refractivity contribution in [2.75, 3.05) is 0 Å². The molecule has 0 aliphatic heterocycles. The molecule has 2 unspecified atom stereocenters. The van der Waals surface area contributed by atoms with Gasteiger partial charge in [-0.3, -0.25) is 4.79 Å². The Bertz CT molecular complexity index is 375. The molecule has 1 fully saturated rings. The van der Waals surface area contributed by atoms with Crippen molar-refractivity contribution in [2.45, 2.75) is 44.7 Å². The van der Waals surface area contributed by atoms with Gasteiger partial charge in [0.05, 0.1) is 5.69 Å². The number of rotatable bonds is 2. The molecule has 0 aromatic carbocycles. The van der Waals surface area contributed by atoms with Gasteiger partial charge in [-0.2, -0.15) is 0 Å². The molecule has 1 aromatic rings. The molecule has 2 rings (SSSR count). The minimum atomic E-state index is -0.211. The zero-order valence-electron chi connectivity index (χ0n) is 9.40. The molecular weight excluding hydrogens is 206 g/mol. The van der Waals surface area contributed by atoms with Crippen LogP contribution >= 0.6 is 0 Å². The number of oxazole rings is 1. The summed E-state index contributed by atoms with van der Waals surface area (Å²) in [6.07, 6.45) is 5.47. The third kappa shape index (κ3) is 2.24. The zero-order valence-corrected chi connectivity index (χ0v) is 9.40. The lowest BCUT2D eigenvalue weighted by atomic mass is 9.91. The van der Waals surface area contributed by atoms with Gasteiger partial charge < -0.3 is 15.5 Å². The number of aryl methyl sites for hydroxylation is 1. The maximum absolute atomic E-state index is 11.8. The first kappa shape index (κ1) is 11.1. The highest BCUT2D eigenvalue weighted by atomic mass is 16.3. The smallest absolute Gasteiger partial charge is 0.289 e. The maximum Gasteiger partial charge on any atom is 0.289 e. The van der Waals surface area contributed by atoms with Crippen molar-refractivity contribution in [3.63, 3.8) is 0 Å².